The van der Waals surface area contributed by atoms with Gasteiger partial charge in [-0.25, -0.2) is 4.98 Å². The van der Waals surface area contributed by atoms with E-state index in [0.29, 0.717) is 12.8 Å². The average Bonchev–Trinajstić information content (AvgIpc) is 2.85. The van der Waals surface area contributed by atoms with Crippen LogP contribution in [0.4, 0.5) is 0 Å². The van der Waals surface area contributed by atoms with Gasteiger partial charge in [0.2, 0.25) is 0 Å². The van der Waals surface area contributed by atoms with Crippen LogP contribution in [-0.2, 0) is 17.6 Å². The number of aromatic nitrogens is 2. The lowest BCUT2D eigenvalue weighted by Crippen LogP contribution is -2.34. The highest BCUT2D eigenvalue weighted by atomic mass is 79.9. The largest absolute Gasteiger partial charge is 0.348 e. The van der Waals surface area contributed by atoms with Gasteiger partial charge in [0.15, 0.2) is 5.78 Å². The molecule has 0 fully saturated rings. The lowest BCUT2D eigenvalue weighted by atomic mass is 10.0. The molecule has 1 atom stereocenters. The van der Waals surface area contributed by atoms with E-state index in [0.717, 1.165) is 15.7 Å². The number of hydrogen-bond acceptors (Lipinski definition) is 3. The van der Waals surface area contributed by atoms with E-state index in [2.05, 4.69) is 25.9 Å². The van der Waals surface area contributed by atoms with Gasteiger partial charge >= 0.3 is 0 Å². The van der Waals surface area contributed by atoms with E-state index in [9.17, 15) is 4.79 Å². The molecule has 2 aromatic rings. The number of H-pyrrole nitrogens is 1. The summed E-state index contributed by atoms with van der Waals surface area (Å²) in [5.74, 6) is 0.0342. The maximum Gasteiger partial charge on any atom is 0.154 e. The number of hydrogen-bond donors (Lipinski definition) is 2. The Hall–Kier alpha value is -0.880. The highest BCUT2D eigenvalue weighted by molar-refractivity contribution is 9.10. The van der Waals surface area contributed by atoms with Crippen molar-refractivity contribution < 1.29 is 4.79 Å². The van der Waals surface area contributed by atoms with Gasteiger partial charge in [-0.2, -0.15) is 0 Å². The van der Waals surface area contributed by atoms with Gasteiger partial charge in [-0.3, -0.25) is 4.79 Å². The number of ketones is 1. The molecule has 0 unspecified atom stereocenters. The molecule has 0 bridgehead atoms. The minimum atomic E-state index is -0.492. The van der Waals surface area contributed by atoms with Crippen molar-refractivity contribution in [2.75, 3.05) is 0 Å². The topological polar surface area (TPSA) is 71.8 Å². The van der Waals surface area contributed by atoms with Crippen LogP contribution in [0.15, 0.2) is 41.3 Å². The Balaban J connectivity index is 0.00000180. The number of imidazole rings is 1. The van der Waals surface area contributed by atoms with Crippen LogP contribution in [0.5, 0.6) is 0 Å². The first-order valence-electron chi connectivity index (χ1n) is 5.65. The number of nitrogens with two attached hydrogens (primary N) is 1. The lowest BCUT2D eigenvalue weighted by molar-refractivity contribution is -0.119. The van der Waals surface area contributed by atoms with Gasteiger partial charge in [-0.1, -0.05) is 28.1 Å². The molecule has 3 N–H and O–H groups in total. The lowest BCUT2D eigenvalue weighted by Gasteiger charge is -2.09. The van der Waals surface area contributed by atoms with Gasteiger partial charge in [-0.15, -0.1) is 24.8 Å². The summed E-state index contributed by atoms with van der Waals surface area (Å²) in [5, 5.41) is 0. The van der Waals surface area contributed by atoms with Crippen molar-refractivity contribution in [3.8, 4) is 0 Å². The van der Waals surface area contributed by atoms with Gasteiger partial charge in [-0.05, 0) is 17.7 Å². The highest BCUT2D eigenvalue weighted by Crippen LogP contribution is 2.11. The molecule has 0 amide bonds. The number of carbonyl (C=O) groups is 1. The molecule has 0 spiro atoms. The van der Waals surface area contributed by atoms with Gasteiger partial charge < -0.3 is 10.7 Å². The molecule has 0 saturated carbocycles. The summed E-state index contributed by atoms with van der Waals surface area (Å²) in [6.07, 6.45) is 4.13. The predicted molar refractivity (Wildman–Crippen MR) is 87.6 cm³/mol. The predicted octanol–water partition coefficient (Wildman–Crippen LogP) is 2.70. The first kappa shape index (κ1) is 19.1. The van der Waals surface area contributed by atoms with E-state index in [1.807, 2.05) is 24.3 Å². The fourth-order valence-electron chi connectivity index (χ4n) is 1.68. The molecule has 0 aliphatic rings. The Morgan fingerprint density at radius 3 is 2.50 bits per heavy atom. The molecule has 20 heavy (non-hydrogen) atoms. The maximum atomic E-state index is 12.0. The second-order valence-electron chi connectivity index (χ2n) is 4.16. The quantitative estimate of drug-likeness (QED) is 0.837. The third kappa shape index (κ3) is 5.63. The summed E-state index contributed by atoms with van der Waals surface area (Å²) in [4.78, 5) is 18.8. The Bertz CT molecular complexity index is 517. The number of aromatic amines is 1. The van der Waals surface area contributed by atoms with Crippen LogP contribution < -0.4 is 5.73 Å². The average molecular weight is 381 g/mol. The molecule has 0 aliphatic carbocycles. The molecular formula is C13H16BrCl2N3O. The molecule has 1 aromatic heterocycles. The zero-order valence-corrected chi connectivity index (χ0v) is 13.8. The minimum Gasteiger partial charge on any atom is -0.348 e. The fourth-order valence-corrected chi connectivity index (χ4v) is 1.95. The van der Waals surface area contributed by atoms with Crippen molar-refractivity contribution in [3.05, 3.63) is 52.5 Å². The van der Waals surface area contributed by atoms with E-state index in [4.69, 9.17) is 5.73 Å². The Morgan fingerprint density at radius 2 is 1.95 bits per heavy atom. The highest BCUT2D eigenvalue weighted by Gasteiger charge is 2.15. The third-order valence-corrected chi connectivity index (χ3v) is 3.23. The molecule has 0 saturated heterocycles. The summed E-state index contributed by atoms with van der Waals surface area (Å²) >= 11 is 3.36. The second kappa shape index (κ2) is 9.13. The first-order chi connectivity index (χ1) is 8.65. The number of Topliss-reactive ketones (excluding diaryl/α,β-unsaturated/α-hetero) is 1. The van der Waals surface area contributed by atoms with Crippen LogP contribution in [0, 0.1) is 0 Å². The van der Waals surface area contributed by atoms with E-state index >= 15 is 0 Å². The second-order valence-corrected chi connectivity index (χ2v) is 5.07. The van der Waals surface area contributed by atoms with Crippen molar-refractivity contribution in [1.82, 2.24) is 9.97 Å². The van der Waals surface area contributed by atoms with Gasteiger partial charge in [0.05, 0.1) is 12.4 Å². The van der Waals surface area contributed by atoms with E-state index in [-0.39, 0.29) is 30.6 Å². The molecule has 110 valence electrons. The van der Waals surface area contributed by atoms with E-state index in [1.54, 1.807) is 12.5 Å². The van der Waals surface area contributed by atoms with Crippen molar-refractivity contribution in [3.63, 3.8) is 0 Å². The third-order valence-electron chi connectivity index (χ3n) is 2.70. The van der Waals surface area contributed by atoms with E-state index < -0.39 is 6.04 Å². The summed E-state index contributed by atoms with van der Waals surface area (Å²) in [6.45, 7) is 0. The first-order valence-corrected chi connectivity index (χ1v) is 6.44. The van der Waals surface area contributed by atoms with Crippen LogP contribution in [0.2, 0.25) is 0 Å². The Morgan fingerprint density at radius 1 is 1.30 bits per heavy atom. The standard InChI is InChI=1S/C13H14BrN3O.2ClH/c14-10-3-1-9(2-4-10)5-13(18)12(15)6-11-7-16-8-17-11;;/h1-4,7-8,12H,5-6,15H2,(H,16,17);2*1H/t12-;;/m0../s1. The zero-order valence-electron chi connectivity index (χ0n) is 10.6. The zero-order chi connectivity index (χ0) is 13.0. The molecular weight excluding hydrogens is 365 g/mol. The smallest absolute Gasteiger partial charge is 0.154 e. The van der Waals surface area contributed by atoms with Crippen molar-refractivity contribution in [2.24, 2.45) is 5.73 Å². The summed E-state index contributed by atoms with van der Waals surface area (Å²) in [6, 6.07) is 7.19. The number of rotatable bonds is 5. The molecule has 7 heteroatoms. The molecule has 4 nitrogen and oxygen atoms in total. The van der Waals surface area contributed by atoms with Crippen LogP contribution >= 0.6 is 40.7 Å². The number of carbonyl (C=O) groups excluding carboxylic acids is 1. The van der Waals surface area contributed by atoms with Crippen LogP contribution in [-0.4, -0.2) is 21.8 Å². The molecule has 0 radical (unpaired) electrons. The summed E-state index contributed by atoms with van der Waals surface area (Å²) in [7, 11) is 0. The molecule has 1 aromatic carbocycles. The maximum absolute atomic E-state index is 12.0. The van der Waals surface area contributed by atoms with Crippen LogP contribution in [0.25, 0.3) is 0 Å². The van der Waals surface area contributed by atoms with Crippen molar-refractivity contribution in [2.45, 2.75) is 18.9 Å². The van der Waals surface area contributed by atoms with Crippen LogP contribution in [0.1, 0.15) is 11.3 Å². The normalized spacial score (nSPS) is 11.1. The van der Waals surface area contributed by atoms with Crippen molar-refractivity contribution in [1.29, 1.82) is 0 Å². The molecule has 2 rings (SSSR count). The number of halogens is 3. The fraction of sp³-hybridized carbons (Fsp3) is 0.231. The van der Waals surface area contributed by atoms with E-state index in [1.165, 1.54) is 0 Å². The van der Waals surface area contributed by atoms with Crippen LogP contribution in [0.3, 0.4) is 0 Å². The Kier molecular flexibility index (Phi) is 8.73. The number of nitrogens with zero attached hydrogens (tertiary/aromatic N) is 1. The van der Waals surface area contributed by atoms with Gasteiger partial charge in [0, 0.05) is 29.2 Å². The number of benzene rings is 1. The molecule has 1 heterocycles. The SMILES string of the molecule is Cl.Cl.N[C@@H](Cc1cnc[nH]1)C(=O)Cc1ccc(Br)cc1. The monoisotopic (exact) mass is 379 g/mol. The van der Waals surface area contributed by atoms with Crippen molar-refractivity contribution >= 4 is 46.5 Å². The van der Waals surface area contributed by atoms with Gasteiger partial charge in [0.25, 0.3) is 0 Å². The Labute approximate surface area is 138 Å². The number of nitrogens with one attached hydrogen (secondary N) is 1. The van der Waals surface area contributed by atoms with Gasteiger partial charge in [0.1, 0.15) is 0 Å². The molecule has 0 aliphatic heterocycles. The summed E-state index contributed by atoms with van der Waals surface area (Å²) in [5.41, 5.74) is 7.74. The summed E-state index contributed by atoms with van der Waals surface area (Å²) < 4.78 is 1.00. The minimum absolute atomic E-state index is 0.